The number of ether oxygens (including phenoxy) is 5. The fourth-order valence-corrected chi connectivity index (χ4v) is 15.3. The molecule has 0 bridgehead atoms. The smallest absolute Gasteiger partial charge is 0.390 e. The van der Waals surface area contributed by atoms with Gasteiger partial charge in [0.15, 0.2) is 11.2 Å². The first-order chi connectivity index (χ1) is 47.1. The third-order valence-corrected chi connectivity index (χ3v) is 20.4. The van der Waals surface area contributed by atoms with Crippen LogP contribution in [-0.2, 0) is 87.2 Å². The molecule has 6 aromatic heterocycles. The van der Waals surface area contributed by atoms with E-state index in [4.69, 9.17) is 81.6 Å². The number of imidazole rings is 1. The van der Waals surface area contributed by atoms with Crippen LogP contribution in [0.25, 0.3) is 11.2 Å². The van der Waals surface area contributed by atoms with E-state index in [0.717, 1.165) is 37.0 Å². The molecule has 546 valence electrons. The number of anilines is 3. The van der Waals surface area contributed by atoms with E-state index < -0.39 is 230 Å². The van der Waals surface area contributed by atoms with Crippen molar-refractivity contribution in [3.63, 3.8) is 0 Å². The number of hydrogen-bond acceptors (Lipinski definition) is 34. The standard InChI is InChI=1S/C48H62N15O32P5/c1-20-12-61(47(70)57-41(20)65)34-7-22(64)27(87-34)15-83-97(74,75)95-26-11-38(63-19-52-39-40(63)55-44(51)56-43(39)67)91-31(26)18-86-99(78,79)93-24-9-36(60-6-4-33(50)54-46(60)69)89-29(24)16-84-100(80,81)94-25-10-37(62-13-21(2)42(66)58-48(62)71)90-30(25)17-85-98(76,77)92-23-8-35(88-28(23)14-82-96(72)73)59-5-3-32(49)53-45(59)68/h3-6,12-13,19,22-31,34-38,64H,7-11,14-18H2,1-2H3,(H13-,49,50,51,53,54,55,56,57,58,65,66,67,68,69,70,71,72,73,74,75,76,77,78,79,80,81)/p+1/t22-,23-,24-,25-,26-,27+,28+,29+,30+,31+,34+,35+,36+,37+,38+/m0/s1. The highest BCUT2D eigenvalue weighted by atomic mass is 31.2. The first-order valence-corrected chi connectivity index (χ1v) is 36.6. The molecule has 0 aromatic carbocycles. The lowest BCUT2D eigenvalue weighted by atomic mass is 10.2. The van der Waals surface area contributed by atoms with E-state index in [-0.39, 0.29) is 46.3 Å². The zero-order valence-electron chi connectivity index (χ0n) is 51.6. The lowest BCUT2D eigenvalue weighted by Crippen LogP contribution is -2.33. The molecule has 11 rings (SSSR count). The zero-order chi connectivity index (χ0) is 72.1. The number of hydrogen-bond donors (Lipinski definition) is 12. The molecule has 0 aliphatic carbocycles. The Morgan fingerprint density at radius 1 is 0.520 bits per heavy atom. The minimum absolute atomic E-state index is 0.0158. The molecule has 5 aliphatic heterocycles. The predicted octanol–water partition coefficient (Wildman–Crippen LogP) is -2.43. The second-order valence-corrected chi connectivity index (χ2v) is 29.2. The maximum absolute atomic E-state index is 14.2. The Kier molecular flexibility index (Phi) is 22.1. The highest BCUT2D eigenvalue weighted by Crippen LogP contribution is 2.55. The quantitative estimate of drug-likeness (QED) is 0.0227. The molecule has 0 saturated carbocycles. The molecule has 0 spiro atoms. The molecule has 100 heavy (non-hydrogen) atoms. The van der Waals surface area contributed by atoms with Crippen molar-refractivity contribution in [1.29, 1.82) is 0 Å². The number of nitrogens with two attached hydrogens (primary N) is 3. The van der Waals surface area contributed by atoms with E-state index in [9.17, 15) is 86.0 Å². The van der Waals surface area contributed by atoms with Gasteiger partial charge in [-0.1, -0.05) is 0 Å². The number of phosphoric acid groups is 4. The van der Waals surface area contributed by atoms with Crippen molar-refractivity contribution < 1.29 is 117 Å². The van der Waals surface area contributed by atoms with Gasteiger partial charge in [0.2, 0.25) is 5.95 Å². The third kappa shape index (κ3) is 17.6. The van der Waals surface area contributed by atoms with Gasteiger partial charge in [-0.2, -0.15) is 15.0 Å². The number of aliphatic hydroxyl groups is 1. The largest absolute Gasteiger partial charge is 0.694 e. The number of nitrogens with one attached hydrogen (secondary N) is 3. The number of aliphatic hydroxyl groups excluding tert-OH is 1. The summed E-state index contributed by atoms with van der Waals surface area (Å²) in [5.74, 6) is -0.742. The fraction of sp³-hybridized carbons (Fsp3) is 0.562. The van der Waals surface area contributed by atoms with Crippen LogP contribution < -0.4 is 56.6 Å². The summed E-state index contributed by atoms with van der Waals surface area (Å²) in [6.07, 6.45) is -19.3. The summed E-state index contributed by atoms with van der Waals surface area (Å²) in [7, 11) is -25.1. The number of fused-ring (bicyclic) bond motifs is 1. The molecule has 0 radical (unpaired) electrons. The average Bonchev–Trinajstić information content (AvgIpc) is 1.63. The predicted molar refractivity (Wildman–Crippen MR) is 328 cm³/mol. The van der Waals surface area contributed by atoms with Crippen LogP contribution >= 0.6 is 39.5 Å². The first-order valence-electron chi connectivity index (χ1n) is 29.5. The molecule has 0 amide bonds. The van der Waals surface area contributed by atoms with Crippen LogP contribution in [-0.4, -0.2) is 181 Å². The van der Waals surface area contributed by atoms with Crippen molar-refractivity contribution in [3.05, 3.63) is 127 Å². The summed E-state index contributed by atoms with van der Waals surface area (Å²) >= 11 is 0. The number of aromatic amines is 3. The van der Waals surface area contributed by atoms with Crippen LogP contribution in [0.2, 0.25) is 0 Å². The second kappa shape index (κ2) is 29.8. The topological polar surface area (TPSA) is 657 Å². The van der Waals surface area contributed by atoms with E-state index in [1.165, 1.54) is 42.9 Å². The molecular formula is C48H63N15O32P5+. The Bertz CT molecular complexity index is 4720. The Morgan fingerprint density at radius 3 is 1.28 bits per heavy atom. The Labute approximate surface area is 556 Å². The third-order valence-electron chi connectivity index (χ3n) is 16.0. The molecule has 5 unspecified atom stereocenters. The molecule has 11 heterocycles. The number of nitrogen functional groups attached to an aromatic ring is 3. The lowest BCUT2D eigenvalue weighted by Gasteiger charge is -2.25. The van der Waals surface area contributed by atoms with Gasteiger partial charge in [-0.25, -0.2) is 42.4 Å². The number of aryl methyl sites for hydroxylation is 2. The van der Waals surface area contributed by atoms with E-state index in [0.29, 0.717) is 0 Å². The minimum atomic E-state index is -5.57. The SMILES string of the molecule is Cc1cn([C@H]2C[C@H](OP(=O)(O)OC[C@H]3O[C@@H](n4ccc(N)nc4=O)C[C@@H]3OP(=O)(O)OC[C@H]3O[C@@H](n4cnc5c(=O)[nH]c(N)nc54)C[C@@H]3OP(=O)(O)OC[C@H]3O[C@@H](n4cc(C)c(=O)[nH]c4=O)C[C@@H]3O)[C@@H](COP(=O)(O)O[C@H]3C[C@H](n4ccc(N)nc4=O)O[C@@H]3CO[P+](=O)O)O2)c(=O)[nH]c1=O. The summed E-state index contributed by atoms with van der Waals surface area (Å²) in [5, 5.41) is 10.8. The summed E-state index contributed by atoms with van der Waals surface area (Å²) in [5.41, 5.74) is 10.8. The van der Waals surface area contributed by atoms with Crippen molar-refractivity contribution in [2.75, 3.05) is 50.2 Å². The molecule has 15 N–H and O–H groups in total. The summed E-state index contributed by atoms with van der Waals surface area (Å²) < 4.78 is 150. The van der Waals surface area contributed by atoms with Crippen molar-refractivity contribution in [2.24, 2.45) is 0 Å². The van der Waals surface area contributed by atoms with Crippen molar-refractivity contribution in [3.8, 4) is 0 Å². The van der Waals surface area contributed by atoms with Crippen LogP contribution in [0.5, 0.6) is 0 Å². The van der Waals surface area contributed by atoms with Gasteiger partial charge in [-0.15, -0.1) is 9.42 Å². The Balaban J connectivity index is 0.785. The zero-order valence-corrected chi connectivity index (χ0v) is 56.0. The van der Waals surface area contributed by atoms with Crippen molar-refractivity contribution in [2.45, 2.75) is 138 Å². The summed E-state index contributed by atoms with van der Waals surface area (Å²) in [6, 6.07) is 2.42. The van der Waals surface area contributed by atoms with E-state index >= 15 is 0 Å². The van der Waals surface area contributed by atoms with Crippen LogP contribution in [0.4, 0.5) is 17.6 Å². The van der Waals surface area contributed by atoms with Gasteiger partial charge in [0.05, 0.1) is 38.9 Å². The molecule has 5 aliphatic rings. The Morgan fingerprint density at radius 2 is 0.880 bits per heavy atom. The van der Waals surface area contributed by atoms with Crippen LogP contribution in [0, 0.1) is 13.8 Å². The van der Waals surface area contributed by atoms with Gasteiger partial charge < -0.3 is 65.6 Å². The first kappa shape index (κ1) is 74.3. The molecule has 5 fully saturated rings. The van der Waals surface area contributed by atoms with E-state index in [2.05, 4.69) is 34.9 Å². The Hall–Kier alpha value is -6.91. The molecular weight excluding hydrogens is 1450 g/mol. The number of aromatic nitrogens is 12. The van der Waals surface area contributed by atoms with Gasteiger partial charge in [0, 0.05) is 72.6 Å². The summed E-state index contributed by atoms with van der Waals surface area (Å²) in [4.78, 5) is 165. The maximum atomic E-state index is 14.2. The number of phosphoric ester groups is 4. The number of H-pyrrole nitrogens is 3. The number of rotatable bonds is 28. The average molecular weight is 1520 g/mol. The van der Waals surface area contributed by atoms with Crippen molar-refractivity contribution >= 4 is 68.3 Å². The molecule has 20 atom stereocenters. The normalized spacial score (nSPS) is 29.6. The molecule has 52 heteroatoms. The molecule has 5 saturated heterocycles. The van der Waals surface area contributed by atoms with Gasteiger partial charge in [0.1, 0.15) is 104 Å². The van der Waals surface area contributed by atoms with Crippen molar-refractivity contribution in [1.82, 2.24) is 57.7 Å². The second-order valence-electron chi connectivity index (χ2n) is 22.9. The van der Waals surface area contributed by atoms with Gasteiger partial charge in [0.25, 0.3) is 16.7 Å². The molecule has 6 aromatic rings. The minimum Gasteiger partial charge on any atom is -0.390 e. The van der Waals surface area contributed by atoms with E-state index in [1.807, 2.05) is 0 Å². The lowest BCUT2D eigenvalue weighted by molar-refractivity contribution is -0.0643. The highest BCUT2D eigenvalue weighted by Gasteiger charge is 2.50. The van der Waals surface area contributed by atoms with Crippen LogP contribution in [0.1, 0.15) is 74.4 Å². The van der Waals surface area contributed by atoms with Crippen LogP contribution in [0.3, 0.4) is 0 Å². The summed E-state index contributed by atoms with van der Waals surface area (Å²) in [6.45, 7) is -2.07. The van der Waals surface area contributed by atoms with Crippen LogP contribution in [0.15, 0.2) is 76.8 Å². The van der Waals surface area contributed by atoms with E-state index in [1.54, 1.807) is 0 Å². The van der Waals surface area contributed by atoms with Gasteiger partial charge >= 0.3 is 62.3 Å². The molecule has 47 nitrogen and oxygen atoms in total. The van der Waals surface area contributed by atoms with Gasteiger partial charge in [-0.3, -0.25) is 88.4 Å². The highest BCUT2D eigenvalue weighted by molar-refractivity contribution is 7.48. The van der Waals surface area contributed by atoms with Gasteiger partial charge in [-0.05, 0) is 26.0 Å². The number of nitrogens with zero attached hydrogens (tertiary/aromatic N) is 9. The fourth-order valence-electron chi connectivity index (χ4n) is 11.2. The maximum Gasteiger partial charge on any atom is 0.694 e. The monoisotopic (exact) mass is 1520 g/mol.